The first-order valence-corrected chi connectivity index (χ1v) is 6.19. The summed E-state index contributed by atoms with van der Waals surface area (Å²) in [5.74, 6) is 1.09. The minimum atomic E-state index is -0.179. The molecule has 1 aliphatic rings. The van der Waals surface area contributed by atoms with Crippen molar-refractivity contribution in [1.29, 1.82) is 5.26 Å². The number of halogens is 1. The molecule has 0 N–H and O–H groups in total. The van der Waals surface area contributed by atoms with E-state index in [0.29, 0.717) is 17.9 Å². The Labute approximate surface area is 113 Å². The van der Waals surface area contributed by atoms with Gasteiger partial charge in [-0.1, -0.05) is 22.9 Å². The van der Waals surface area contributed by atoms with Crippen LogP contribution in [0.15, 0.2) is 22.2 Å². The van der Waals surface area contributed by atoms with Crippen LogP contribution in [-0.2, 0) is 4.79 Å². The molecule has 0 atom stereocenters. The van der Waals surface area contributed by atoms with Gasteiger partial charge in [-0.05, 0) is 23.8 Å². The van der Waals surface area contributed by atoms with Crippen LogP contribution >= 0.6 is 15.9 Å². The Balaban J connectivity index is 2.43. The van der Waals surface area contributed by atoms with E-state index in [9.17, 15) is 4.79 Å². The molecular formula is C13H10BrNO3. The lowest BCUT2D eigenvalue weighted by Crippen LogP contribution is -1.98. The molecule has 1 aliphatic heterocycles. The summed E-state index contributed by atoms with van der Waals surface area (Å²) in [6, 6.07) is 5.42. The van der Waals surface area contributed by atoms with Gasteiger partial charge in [0.05, 0.1) is 5.57 Å². The second-order valence-electron chi connectivity index (χ2n) is 3.67. The van der Waals surface area contributed by atoms with Gasteiger partial charge in [-0.15, -0.1) is 0 Å². The van der Waals surface area contributed by atoms with Crippen LogP contribution in [0, 0.1) is 11.3 Å². The van der Waals surface area contributed by atoms with Gasteiger partial charge >= 0.3 is 0 Å². The normalized spacial score (nSPS) is 13.3. The van der Waals surface area contributed by atoms with Crippen LogP contribution in [-0.4, -0.2) is 12.6 Å². The zero-order chi connectivity index (χ0) is 13.1. The van der Waals surface area contributed by atoms with Crippen LogP contribution in [0.25, 0.3) is 6.08 Å². The van der Waals surface area contributed by atoms with Crippen molar-refractivity contribution < 1.29 is 14.3 Å². The minimum Gasteiger partial charge on any atom is -0.454 e. The molecule has 0 amide bonds. The molecule has 1 heterocycles. The Morgan fingerprint density at radius 2 is 2.17 bits per heavy atom. The average Bonchev–Trinajstić information content (AvgIpc) is 2.81. The fourth-order valence-electron chi connectivity index (χ4n) is 1.56. The fourth-order valence-corrected chi connectivity index (χ4v) is 2.00. The molecule has 5 heteroatoms. The maximum Gasteiger partial charge on any atom is 0.231 e. The van der Waals surface area contributed by atoms with E-state index in [4.69, 9.17) is 14.7 Å². The fraction of sp³-hybridized carbons (Fsp3) is 0.231. The number of hydrogen-bond donors (Lipinski definition) is 0. The van der Waals surface area contributed by atoms with Crippen molar-refractivity contribution in [2.24, 2.45) is 0 Å². The summed E-state index contributed by atoms with van der Waals surface area (Å²) < 4.78 is 11.2. The number of allylic oxidation sites excluding steroid dienone is 1. The van der Waals surface area contributed by atoms with Crippen molar-refractivity contribution in [1.82, 2.24) is 0 Å². The van der Waals surface area contributed by atoms with E-state index in [1.807, 2.05) is 6.07 Å². The number of rotatable bonds is 3. The van der Waals surface area contributed by atoms with Gasteiger partial charge in [0, 0.05) is 10.9 Å². The Hall–Kier alpha value is -1.80. The molecule has 2 rings (SSSR count). The van der Waals surface area contributed by atoms with Crippen LogP contribution in [0.2, 0.25) is 0 Å². The Morgan fingerprint density at radius 3 is 2.78 bits per heavy atom. The summed E-state index contributed by atoms with van der Waals surface area (Å²) in [4.78, 5) is 11.5. The lowest BCUT2D eigenvalue weighted by Gasteiger charge is -2.02. The average molecular weight is 308 g/mol. The third kappa shape index (κ3) is 2.39. The highest BCUT2D eigenvalue weighted by Gasteiger charge is 2.16. The van der Waals surface area contributed by atoms with Crippen LogP contribution in [0.1, 0.15) is 18.9 Å². The molecule has 1 aromatic carbocycles. The van der Waals surface area contributed by atoms with E-state index in [1.165, 1.54) is 0 Å². The molecule has 18 heavy (non-hydrogen) atoms. The summed E-state index contributed by atoms with van der Waals surface area (Å²) in [7, 11) is 0. The van der Waals surface area contributed by atoms with E-state index >= 15 is 0 Å². The summed E-state index contributed by atoms with van der Waals surface area (Å²) in [6.07, 6.45) is 1.86. The third-order valence-electron chi connectivity index (χ3n) is 2.53. The molecule has 0 saturated heterocycles. The lowest BCUT2D eigenvalue weighted by molar-refractivity contribution is -0.114. The highest BCUT2D eigenvalue weighted by molar-refractivity contribution is 9.10. The summed E-state index contributed by atoms with van der Waals surface area (Å²) in [6.45, 7) is 1.91. The van der Waals surface area contributed by atoms with Gasteiger partial charge in [-0.25, -0.2) is 0 Å². The van der Waals surface area contributed by atoms with E-state index < -0.39 is 0 Å². The van der Waals surface area contributed by atoms with Crippen molar-refractivity contribution in [3.05, 3.63) is 27.7 Å². The Kier molecular flexibility index (Phi) is 3.68. The predicted molar refractivity (Wildman–Crippen MR) is 69.2 cm³/mol. The zero-order valence-electron chi connectivity index (χ0n) is 9.70. The minimum absolute atomic E-state index is 0.136. The van der Waals surface area contributed by atoms with Crippen LogP contribution in [0.4, 0.5) is 0 Å². The predicted octanol–water partition coefficient (Wildman–Crippen LogP) is 3.06. The lowest BCUT2D eigenvalue weighted by atomic mass is 10.1. The molecule has 0 saturated carbocycles. The SMILES string of the molecule is CCC(=O)C(C#N)=Cc1cc2c(cc1Br)OCO2. The zero-order valence-corrected chi connectivity index (χ0v) is 11.3. The standard InChI is InChI=1S/C13H10BrNO3/c1-2-11(16)9(6-15)3-8-4-12-13(5-10(8)14)18-7-17-12/h3-5H,2,7H2,1H3. The Bertz CT molecular complexity index is 572. The number of Topliss-reactive ketones (excluding diaryl/α,β-unsaturated/α-hetero) is 1. The molecule has 0 radical (unpaired) electrons. The maximum absolute atomic E-state index is 11.5. The topological polar surface area (TPSA) is 59.3 Å². The third-order valence-corrected chi connectivity index (χ3v) is 3.22. The second kappa shape index (κ2) is 5.23. The number of carbonyl (C=O) groups excluding carboxylic acids is 1. The molecule has 0 fully saturated rings. The number of ether oxygens (including phenoxy) is 2. The quantitative estimate of drug-likeness (QED) is 0.636. The summed E-state index contributed by atoms with van der Waals surface area (Å²) in [5.41, 5.74) is 0.856. The van der Waals surface area contributed by atoms with Crippen molar-refractivity contribution >= 4 is 27.8 Å². The monoisotopic (exact) mass is 307 g/mol. The molecule has 0 unspecified atom stereocenters. The number of benzene rings is 1. The molecule has 0 aliphatic carbocycles. The van der Waals surface area contributed by atoms with Gasteiger partial charge < -0.3 is 9.47 Å². The number of carbonyl (C=O) groups is 1. The van der Waals surface area contributed by atoms with E-state index in [0.717, 1.165) is 10.0 Å². The van der Waals surface area contributed by atoms with Crippen molar-refractivity contribution in [2.45, 2.75) is 13.3 Å². The van der Waals surface area contributed by atoms with Gasteiger partial charge in [0.15, 0.2) is 17.3 Å². The second-order valence-corrected chi connectivity index (χ2v) is 4.53. The van der Waals surface area contributed by atoms with Gasteiger partial charge in [0.2, 0.25) is 6.79 Å². The van der Waals surface area contributed by atoms with Crippen molar-refractivity contribution in [3.8, 4) is 17.6 Å². The smallest absolute Gasteiger partial charge is 0.231 e. The molecule has 1 aromatic rings. The number of ketones is 1. The van der Waals surface area contributed by atoms with Gasteiger partial charge in [0.25, 0.3) is 0 Å². The van der Waals surface area contributed by atoms with Crippen LogP contribution in [0.5, 0.6) is 11.5 Å². The molecule has 0 bridgehead atoms. The molecule has 4 nitrogen and oxygen atoms in total. The van der Waals surface area contributed by atoms with Gasteiger partial charge in [-0.3, -0.25) is 4.79 Å². The van der Waals surface area contributed by atoms with Crippen molar-refractivity contribution in [3.63, 3.8) is 0 Å². The molecule has 92 valence electrons. The van der Waals surface area contributed by atoms with Gasteiger partial charge in [-0.2, -0.15) is 5.26 Å². The first-order chi connectivity index (χ1) is 8.65. The molecular weight excluding hydrogens is 298 g/mol. The highest BCUT2D eigenvalue weighted by Crippen LogP contribution is 2.37. The number of nitriles is 1. The number of nitrogens with zero attached hydrogens (tertiary/aromatic N) is 1. The summed E-state index contributed by atoms with van der Waals surface area (Å²) in [5, 5.41) is 8.96. The summed E-state index contributed by atoms with van der Waals surface area (Å²) >= 11 is 3.38. The first-order valence-electron chi connectivity index (χ1n) is 5.40. The first kappa shape index (κ1) is 12.7. The largest absolute Gasteiger partial charge is 0.454 e. The van der Waals surface area contributed by atoms with E-state index in [1.54, 1.807) is 25.1 Å². The van der Waals surface area contributed by atoms with Gasteiger partial charge in [0.1, 0.15) is 6.07 Å². The highest BCUT2D eigenvalue weighted by atomic mass is 79.9. The van der Waals surface area contributed by atoms with E-state index in [-0.39, 0.29) is 18.1 Å². The van der Waals surface area contributed by atoms with E-state index in [2.05, 4.69) is 15.9 Å². The maximum atomic E-state index is 11.5. The number of hydrogen-bond acceptors (Lipinski definition) is 4. The number of fused-ring (bicyclic) bond motifs is 1. The molecule has 0 aromatic heterocycles. The van der Waals surface area contributed by atoms with Crippen LogP contribution in [0.3, 0.4) is 0 Å². The Morgan fingerprint density at radius 1 is 1.50 bits per heavy atom. The van der Waals surface area contributed by atoms with Crippen LogP contribution < -0.4 is 9.47 Å². The molecule has 0 spiro atoms. The van der Waals surface area contributed by atoms with Crippen molar-refractivity contribution in [2.75, 3.05) is 6.79 Å².